The van der Waals surface area contributed by atoms with E-state index in [9.17, 15) is 14.0 Å². The fourth-order valence-corrected chi connectivity index (χ4v) is 6.08. The summed E-state index contributed by atoms with van der Waals surface area (Å²) < 4.78 is 31.5. The van der Waals surface area contributed by atoms with Crippen LogP contribution in [0.1, 0.15) is 37.9 Å². The third-order valence-corrected chi connectivity index (χ3v) is 8.31. The topological polar surface area (TPSA) is 84.2 Å². The maximum absolute atomic E-state index is 16.0. The number of amides is 1. The second-order valence-corrected chi connectivity index (χ2v) is 11.5. The number of pyridine rings is 2. The van der Waals surface area contributed by atoms with Crippen molar-refractivity contribution in [2.24, 2.45) is 0 Å². The van der Waals surface area contributed by atoms with Gasteiger partial charge in [0.2, 0.25) is 5.91 Å². The Morgan fingerprint density at radius 2 is 1.93 bits per heavy atom. The van der Waals surface area contributed by atoms with Crippen LogP contribution in [0.3, 0.4) is 0 Å². The van der Waals surface area contributed by atoms with Crippen LogP contribution in [0.4, 0.5) is 14.6 Å². The molecule has 3 aromatic heterocycles. The molecule has 0 bridgehead atoms. The first-order valence-electron chi connectivity index (χ1n) is 13.7. The maximum Gasteiger partial charge on any atom is 0.355 e. The fraction of sp³-hybridized carbons (Fsp3) is 0.323. The lowest BCUT2D eigenvalue weighted by molar-refractivity contribution is -0.126. The van der Waals surface area contributed by atoms with Crippen molar-refractivity contribution < 1.29 is 13.6 Å². The molecule has 1 fully saturated rings. The number of thioether (sulfide) groups is 1. The number of hydrogen-bond acceptors (Lipinski definition) is 7. The number of piperazine rings is 1. The summed E-state index contributed by atoms with van der Waals surface area (Å²) in [6, 6.07) is 7.03. The zero-order valence-corrected chi connectivity index (χ0v) is 25.0. The summed E-state index contributed by atoms with van der Waals surface area (Å²) in [5.41, 5.74) is 2.06. The summed E-state index contributed by atoms with van der Waals surface area (Å²) in [7, 11) is 0. The molecule has 1 aromatic carbocycles. The number of anilines is 1. The molecule has 218 valence electrons. The zero-order chi connectivity index (χ0) is 30.3. The molecule has 11 heteroatoms. The molecule has 8 nitrogen and oxygen atoms in total. The molecule has 1 amide bonds. The van der Waals surface area contributed by atoms with E-state index in [4.69, 9.17) is 4.98 Å². The number of carbonyl (C=O) groups excluding carboxylic acids is 1. The zero-order valence-electron chi connectivity index (χ0n) is 24.2. The molecule has 1 aliphatic heterocycles. The molecule has 0 saturated carbocycles. The van der Waals surface area contributed by atoms with Crippen molar-refractivity contribution in [2.45, 2.75) is 44.6 Å². The molecule has 0 spiro atoms. The van der Waals surface area contributed by atoms with Gasteiger partial charge in [-0.1, -0.05) is 20.4 Å². The van der Waals surface area contributed by atoms with E-state index < -0.39 is 17.3 Å². The summed E-state index contributed by atoms with van der Waals surface area (Å²) in [5, 5.41) is 0.344. The molecule has 4 aromatic rings. The molecule has 0 unspecified atom stereocenters. The molecular formula is C31H32F2N6O2S. The molecule has 1 atom stereocenters. The lowest BCUT2D eigenvalue weighted by Gasteiger charge is -2.40. The van der Waals surface area contributed by atoms with Crippen LogP contribution in [0.2, 0.25) is 0 Å². The number of fused-ring (bicyclic) bond motifs is 1. The Balaban J connectivity index is 1.82. The van der Waals surface area contributed by atoms with Crippen LogP contribution in [0, 0.1) is 18.6 Å². The largest absolute Gasteiger partial charge is 0.355 e. The average molecular weight is 591 g/mol. The van der Waals surface area contributed by atoms with Gasteiger partial charge in [0.1, 0.15) is 23.1 Å². The van der Waals surface area contributed by atoms with Crippen molar-refractivity contribution in [1.29, 1.82) is 0 Å². The minimum atomic E-state index is -0.627. The molecule has 0 radical (unpaired) electrons. The van der Waals surface area contributed by atoms with Crippen molar-refractivity contribution in [1.82, 2.24) is 24.4 Å². The van der Waals surface area contributed by atoms with E-state index in [0.29, 0.717) is 52.7 Å². The highest BCUT2D eigenvalue weighted by atomic mass is 32.2. The van der Waals surface area contributed by atoms with Gasteiger partial charge in [0.15, 0.2) is 5.65 Å². The molecule has 5 rings (SSSR count). The van der Waals surface area contributed by atoms with E-state index >= 15 is 4.39 Å². The number of carbonyl (C=O) groups is 1. The standard InChI is InChI=1S/C31H32F2N6O2S/c1-7-25(40)37-12-13-38(19(5)16-37)29-22-15-23(33)27(21-9-8-20(32)14-24(21)42-6)35-30(22)39(31(41)36-29)28-18(4)10-11-34-26(28)17(2)3/h7-11,14-15,17,19H,1,12-13,16H2,2-6H3/t19-/m0/s1. The number of aryl methyl sites for hydroxylation is 1. The summed E-state index contributed by atoms with van der Waals surface area (Å²) >= 11 is 1.28. The molecule has 0 aliphatic carbocycles. The lowest BCUT2D eigenvalue weighted by atomic mass is 10.0. The van der Waals surface area contributed by atoms with Gasteiger partial charge in [-0.15, -0.1) is 11.8 Å². The van der Waals surface area contributed by atoms with Crippen LogP contribution in [0.15, 0.2) is 58.9 Å². The SMILES string of the molecule is C=CC(=O)N1CCN(c2nc(=O)n(-c3c(C)ccnc3C(C)C)c3nc(-c4ccc(F)cc4SC)c(F)cc23)[C@@H](C)C1. The Morgan fingerprint density at radius 1 is 1.17 bits per heavy atom. The third-order valence-electron chi connectivity index (χ3n) is 7.53. The van der Waals surface area contributed by atoms with Gasteiger partial charge in [-0.25, -0.2) is 23.1 Å². The fourth-order valence-electron chi connectivity index (χ4n) is 5.46. The molecule has 4 heterocycles. The van der Waals surface area contributed by atoms with Crippen LogP contribution in [0.25, 0.3) is 28.0 Å². The van der Waals surface area contributed by atoms with Gasteiger partial charge in [0, 0.05) is 42.3 Å². The minimum Gasteiger partial charge on any atom is -0.350 e. The molecule has 42 heavy (non-hydrogen) atoms. The highest BCUT2D eigenvalue weighted by molar-refractivity contribution is 7.98. The Hall–Kier alpha value is -4.12. The van der Waals surface area contributed by atoms with Crippen molar-refractivity contribution in [3.8, 4) is 16.9 Å². The first-order chi connectivity index (χ1) is 20.0. The van der Waals surface area contributed by atoms with E-state index in [0.717, 1.165) is 5.56 Å². The number of nitrogens with zero attached hydrogens (tertiary/aromatic N) is 6. The Morgan fingerprint density at radius 3 is 2.60 bits per heavy atom. The van der Waals surface area contributed by atoms with E-state index in [1.165, 1.54) is 46.7 Å². The van der Waals surface area contributed by atoms with Crippen LogP contribution < -0.4 is 10.6 Å². The summed E-state index contributed by atoms with van der Waals surface area (Å²) in [6.45, 7) is 12.5. The second-order valence-electron chi connectivity index (χ2n) is 10.6. The maximum atomic E-state index is 16.0. The smallest absolute Gasteiger partial charge is 0.350 e. The summed E-state index contributed by atoms with van der Waals surface area (Å²) in [5.74, 6) is -0.985. The van der Waals surface area contributed by atoms with Gasteiger partial charge in [0.05, 0.1) is 16.8 Å². The van der Waals surface area contributed by atoms with Crippen molar-refractivity contribution >= 4 is 34.5 Å². The Bertz CT molecular complexity index is 1770. The third kappa shape index (κ3) is 5.17. The lowest BCUT2D eigenvalue weighted by Crippen LogP contribution is -2.54. The summed E-state index contributed by atoms with van der Waals surface area (Å²) in [4.78, 5) is 44.2. The quantitative estimate of drug-likeness (QED) is 0.217. The first-order valence-corrected chi connectivity index (χ1v) is 14.9. The van der Waals surface area contributed by atoms with Gasteiger partial charge >= 0.3 is 5.69 Å². The van der Waals surface area contributed by atoms with E-state index in [1.807, 2.05) is 38.7 Å². The monoisotopic (exact) mass is 590 g/mol. The van der Waals surface area contributed by atoms with Crippen LogP contribution in [0.5, 0.6) is 0 Å². The van der Waals surface area contributed by atoms with Crippen molar-refractivity contribution in [3.63, 3.8) is 0 Å². The molecule has 1 saturated heterocycles. The highest BCUT2D eigenvalue weighted by Crippen LogP contribution is 2.36. The average Bonchev–Trinajstić information content (AvgIpc) is 2.96. The first kappa shape index (κ1) is 29.4. The molecular weight excluding hydrogens is 558 g/mol. The van der Waals surface area contributed by atoms with Crippen molar-refractivity contribution in [2.75, 3.05) is 30.8 Å². The number of rotatable bonds is 6. The van der Waals surface area contributed by atoms with Gasteiger partial charge < -0.3 is 9.80 Å². The number of benzene rings is 1. The van der Waals surface area contributed by atoms with Crippen molar-refractivity contribution in [3.05, 3.63) is 82.6 Å². The van der Waals surface area contributed by atoms with E-state index in [1.54, 1.807) is 17.4 Å². The van der Waals surface area contributed by atoms with Gasteiger partial charge in [0.25, 0.3) is 0 Å². The molecule has 1 aliphatic rings. The number of halogens is 2. The normalized spacial score (nSPS) is 15.5. The van der Waals surface area contributed by atoms with E-state index in [2.05, 4.69) is 16.5 Å². The van der Waals surface area contributed by atoms with Crippen LogP contribution >= 0.6 is 11.8 Å². The summed E-state index contributed by atoms with van der Waals surface area (Å²) in [6.07, 6.45) is 4.75. The predicted octanol–water partition coefficient (Wildman–Crippen LogP) is 5.50. The minimum absolute atomic E-state index is 0.000706. The van der Waals surface area contributed by atoms with Gasteiger partial charge in [-0.3, -0.25) is 9.78 Å². The predicted molar refractivity (Wildman–Crippen MR) is 162 cm³/mol. The number of hydrogen-bond donors (Lipinski definition) is 0. The number of aromatic nitrogens is 4. The molecule has 0 N–H and O–H groups in total. The van der Waals surface area contributed by atoms with Crippen LogP contribution in [-0.4, -0.2) is 62.3 Å². The van der Waals surface area contributed by atoms with Crippen LogP contribution in [-0.2, 0) is 4.79 Å². The highest BCUT2D eigenvalue weighted by Gasteiger charge is 2.30. The van der Waals surface area contributed by atoms with Gasteiger partial charge in [-0.05, 0) is 68.0 Å². The second kappa shape index (κ2) is 11.6. The Labute approximate surface area is 247 Å². The van der Waals surface area contributed by atoms with Gasteiger partial charge in [-0.2, -0.15) is 4.98 Å². The van der Waals surface area contributed by atoms with E-state index in [-0.39, 0.29) is 29.2 Å². The Kier molecular flexibility index (Phi) is 8.14.